The molecule has 1 aliphatic heterocycles. The summed E-state index contributed by atoms with van der Waals surface area (Å²) in [7, 11) is 1.70. The van der Waals surface area contributed by atoms with Crippen LogP contribution in [0.2, 0.25) is 0 Å². The van der Waals surface area contributed by atoms with Gasteiger partial charge >= 0.3 is 0 Å². The Labute approximate surface area is 182 Å². The van der Waals surface area contributed by atoms with Crippen LogP contribution in [0.5, 0.6) is 5.75 Å². The largest absolute Gasteiger partial charge is 0.497 e. The predicted molar refractivity (Wildman–Crippen MR) is 125 cm³/mol. The zero-order chi connectivity index (χ0) is 21.4. The molecule has 5 rings (SSSR count). The summed E-state index contributed by atoms with van der Waals surface area (Å²) in [6, 6.07) is 17.0. The lowest BCUT2D eigenvalue weighted by Crippen LogP contribution is -2.47. The molecule has 2 aromatic carbocycles. The van der Waals surface area contributed by atoms with E-state index in [1.165, 1.54) is 22.4 Å². The normalized spacial score (nSPS) is 14.3. The molecule has 0 radical (unpaired) electrons. The fourth-order valence-electron chi connectivity index (χ4n) is 4.35. The molecule has 1 aliphatic rings. The van der Waals surface area contributed by atoms with Crippen LogP contribution in [0, 0.1) is 13.8 Å². The monoisotopic (exact) mass is 413 g/mol. The third kappa shape index (κ3) is 3.69. The summed E-state index contributed by atoms with van der Waals surface area (Å²) < 4.78 is 7.23. The molecule has 0 amide bonds. The molecular weight excluding hydrogens is 386 g/mol. The lowest BCUT2D eigenvalue weighted by molar-refractivity contribution is 0.415. The third-order valence-electron chi connectivity index (χ3n) is 6.04. The molecular formula is C25H27N5O. The van der Waals surface area contributed by atoms with E-state index in [4.69, 9.17) is 14.8 Å². The van der Waals surface area contributed by atoms with Crippen LogP contribution in [0.25, 0.3) is 16.8 Å². The SMILES string of the molecule is COc1ccc(N2CCN(c3nccn4nc(-c5ccc(C)cc5C)cc34)CC2)cc1. The van der Waals surface area contributed by atoms with Crippen molar-refractivity contribution in [2.24, 2.45) is 0 Å². The number of hydrogen-bond acceptors (Lipinski definition) is 5. The van der Waals surface area contributed by atoms with Crippen LogP contribution in [-0.4, -0.2) is 47.9 Å². The molecule has 3 heterocycles. The second-order valence-corrected chi connectivity index (χ2v) is 8.10. The molecule has 158 valence electrons. The number of aryl methyl sites for hydroxylation is 2. The highest BCUT2D eigenvalue weighted by molar-refractivity contribution is 5.76. The second kappa shape index (κ2) is 7.95. The van der Waals surface area contributed by atoms with E-state index in [9.17, 15) is 0 Å². The highest BCUT2D eigenvalue weighted by Crippen LogP contribution is 2.29. The van der Waals surface area contributed by atoms with Gasteiger partial charge in [-0.25, -0.2) is 9.50 Å². The molecule has 0 atom stereocenters. The summed E-state index contributed by atoms with van der Waals surface area (Å²) in [5.74, 6) is 1.89. The molecule has 6 nitrogen and oxygen atoms in total. The number of hydrogen-bond donors (Lipinski definition) is 0. The number of nitrogens with zero attached hydrogens (tertiary/aromatic N) is 5. The smallest absolute Gasteiger partial charge is 0.154 e. The number of fused-ring (bicyclic) bond motifs is 1. The van der Waals surface area contributed by atoms with Gasteiger partial charge in [0.1, 0.15) is 11.3 Å². The van der Waals surface area contributed by atoms with E-state index in [1.54, 1.807) is 7.11 Å². The van der Waals surface area contributed by atoms with Gasteiger partial charge in [0.05, 0.1) is 12.8 Å². The van der Waals surface area contributed by atoms with Crippen molar-refractivity contribution in [2.45, 2.75) is 13.8 Å². The third-order valence-corrected chi connectivity index (χ3v) is 6.04. The molecule has 0 saturated carbocycles. The highest BCUT2D eigenvalue weighted by Gasteiger charge is 2.21. The Hall–Kier alpha value is -3.54. The van der Waals surface area contributed by atoms with Crippen molar-refractivity contribution in [3.63, 3.8) is 0 Å². The predicted octanol–water partition coefficient (Wildman–Crippen LogP) is 4.35. The van der Waals surface area contributed by atoms with Crippen molar-refractivity contribution in [3.05, 3.63) is 72.1 Å². The maximum absolute atomic E-state index is 5.28. The van der Waals surface area contributed by atoms with E-state index in [2.05, 4.69) is 60.0 Å². The first-order valence-corrected chi connectivity index (χ1v) is 10.7. The standard InChI is InChI=1S/C25H27N5O/c1-18-4-9-22(19(2)16-18)23-17-24-25(26-10-11-30(24)27-23)29-14-12-28(13-15-29)20-5-7-21(31-3)8-6-20/h4-11,16-17H,12-15H2,1-3H3. The molecule has 2 aromatic heterocycles. The lowest BCUT2D eigenvalue weighted by atomic mass is 10.0. The first kappa shape index (κ1) is 19.4. The van der Waals surface area contributed by atoms with E-state index in [0.717, 1.165) is 49.0 Å². The average Bonchev–Trinajstić information content (AvgIpc) is 3.23. The topological polar surface area (TPSA) is 45.9 Å². The van der Waals surface area contributed by atoms with Crippen molar-refractivity contribution in [3.8, 4) is 17.0 Å². The number of anilines is 2. The summed E-state index contributed by atoms with van der Waals surface area (Å²) in [6.45, 7) is 8.00. The summed E-state index contributed by atoms with van der Waals surface area (Å²) in [6.07, 6.45) is 3.77. The highest BCUT2D eigenvalue weighted by atomic mass is 16.5. The number of piperazine rings is 1. The van der Waals surface area contributed by atoms with Gasteiger partial charge < -0.3 is 14.5 Å². The van der Waals surface area contributed by atoms with Crippen LogP contribution < -0.4 is 14.5 Å². The van der Waals surface area contributed by atoms with Crippen LogP contribution in [0.4, 0.5) is 11.5 Å². The summed E-state index contributed by atoms with van der Waals surface area (Å²) in [5.41, 5.74) is 6.95. The number of benzene rings is 2. The molecule has 0 unspecified atom stereocenters. The number of ether oxygens (including phenoxy) is 1. The minimum atomic E-state index is 0.888. The first-order valence-electron chi connectivity index (χ1n) is 10.7. The van der Waals surface area contributed by atoms with Gasteiger partial charge in [0.15, 0.2) is 5.82 Å². The van der Waals surface area contributed by atoms with Gasteiger partial charge in [-0.1, -0.05) is 23.8 Å². The van der Waals surface area contributed by atoms with Gasteiger partial charge in [0, 0.05) is 49.8 Å². The van der Waals surface area contributed by atoms with Crippen molar-refractivity contribution in [2.75, 3.05) is 43.1 Å². The fraction of sp³-hybridized carbons (Fsp3) is 0.280. The van der Waals surface area contributed by atoms with Gasteiger partial charge in [0.2, 0.25) is 0 Å². The maximum atomic E-state index is 5.28. The average molecular weight is 414 g/mol. The Morgan fingerprint density at radius 2 is 1.61 bits per heavy atom. The van der Waals surface area contributed by atoms with Crippen LogP contribution >= 0.6 is 0 Å². The van der Waals surface area contributed by atoms with Crippen molar-refractivity contribution in [1.82, 2.24) is 14.6 Å². The summed E-state index contributed by atoms with van der Waals surface area (Å²) in [5, 5.41) is 4.84. The molecule has 1 saturated heterocycles. The number of methoxy groups -OCH3 is 1. The maximum Gasteiger partial charge on any atom is 0.154 e. The summed E-state index contributed by atoms with van der Waals surface area (Å²) >= 11 is 0. The van der Waals surface area contributed by atoms with Crippen molar-refractivity contribution in [1.29, 1.82) is 0 Å². The molecule has 1 fully saturated rings. The van der Waals surface area contributed by atoms with Gasteiger partial charge in [-0.3, -0.25) is 0 Å². The van der Waals surface area contributed by atoms with E-state index in [-0.39, 0.29) is 0 Å². The Morgan fingerprint density at radius 1 is 0.871 bits per heavy atom. The van der Waals surface area contributed by atoms with Crippen LogP contribution in [0.3, 0.4) is 0 Å². The van der Waals surface area contributed by atoms with Gasteiger partial charge in [0.25, 0.3) is 0 Å². The van der Waals surface area contributed by atoms with Gasteiger partial charge in [-0.15, -0.1) is 0 Å². The Kier molecular flexibility index (Phi) is 4.98. The summed E-state index contributed by atoms with van der Waals surface area (Å²) in [4.78, 5) is 9.50. The molecule has 31 heavy (non-hydrogen) atoms. The van der Waals surface area contributed by atoms with Crippen molar-refractivity contribution < 1.29 is 4.74 Å². The van der Waals surface area contributed by atoms with E-state index < -0.39 is 0 Å². The minimum Gasteiger partial charge on any atom is -0.497 e. The minimum absolute atomic E-state index is 0.888. The Bertz CT molecular complexity index is 1210. The zero-order valence-corrected chi connectivity index (χ0v) is 18.2. The Balaban J connectivity index is 1.39. The van der Waals surface area contributed by atoms with E-state index >= 15 is 0 Å². The second-order valence-electron chi connectivity index (χ2n) is 8.10. The zero-order valence-electron chi connectivity index (χ0n) is 18.2. The molecule has 0 bridgehead atoms. The fourth-order valence-corrected chi connectivity index (χ4v) is 4.35. The quantitative estimate of drug-likeness (QED) is 0.498. The molecule has 6 heteroatoms. The van der Waals surface area contributed by atoms with Gasteiger partial charge in [-0.2, -0.15) is 5.10 Å². The lowest BCUT2D eigenvalue weighted by Gasteiger charge is -2.36. The molecule has 0 aliphatic carbocycles. The van der Waals surface area contributed by atoms with Crippen LogP contribution in [0.15, 0.2) is 60.9 Å². The van der Waals surface area contributed by atoms with Crippen LogP contribution in [-0.2, 0) is 0 Å². The number of aromatic nitrogens is 3. The van der Waals surface area contributed by atoms with Crippen molar-refractivity contribution >= 4 is 17.0 Å². The van der Waals surface area contributed by atoms with E-state index in [0.29, 0.717) is 0 Å². The molecule has 4 aromatic rings. The van der Waals surface area contributed by atoms with Gasteiger partial charge in [-0.05, 0) is 49.7 Å². The van der Waals surface area contributed by atoms with Crippen LogP contribution in [0.1, 0.15) is 11.1 Å². The van der Waals surface area contributed by atoms with E-state index in [1.807, 2.05) is 29.0 Å². The molecule has 0 spiro atoms. The number of rotatable bonds is 4. The molecule has 0 N–H and O–H groups in total. The first-order chi connectivity index (χ1) is 15.1. The Morgan fingerprint density at radius 3 is 2.32 bits per heavy atom.